The lowest BCUT2D eigenvalue weighted by atomic mass is 10.2. The van der Waals surface area contributed by atoms with E-state index in [2.05, 4.69) is 5.32 Å². The van der Waals surface area contributed by atoms with Crippen LogP contribution in [0.15, 0.2) is 30.3 Å². The fourth-order valence-corrected chi connectivity index (χ4v) is 3.15. The van der Waals surface area contributed by atoms with Gasteiger partial charge in [0.2, 0.25) is 11.8 Å². The second-order valence-corrected chi connectivity index (χ2v) is 6.18. The second-order valence-electron chi connectivity index (χ2n) is 6.18. The van der Waals surface area contributed by atoms with Gasteiger partial charge in [0, 0.05) is 51.8 Å². The molecule has 4 amide bonds. The lowest BCUT2D eigenvalue weighted by molar-refractivity contribution is -0.130. The summed E-state index contributed by atoms with van der Waals surface area (Å²) in [5.74, 6) is 0.0582. The summed E-state index contributed by atoms with van der Waals surface area (Å²) in [5.41, 5.74) is 0.856. The molecule has 2 fully saturated rings. The molecule has 0 aliphatic carbocycles. The molecule has 0 spiro atoms. The van der Waals surface area contributed by atoms with Gasteiger partial charge >= 0.3 is 6.03 Å². The Morgan fingerprint density at radius 3 is 2.29 bits per heavy atom. The predicted molar refractivity (Wildman–Crippen MR) is 89.6 cm³/mol. The highest BCUT2D eigenvalue weighted by molar-refractivity contribution is 5.96. The van der Waals surface area contributed by atoms with Gasteiger partial charge in [-0.3, -0.25) is 9.59 Å². The van der Waals surface area contributed by atoms with Gasteiger partial charge in [-0.05, 0) is 12.1 Å². The van der Waals surface area contributed by atoms with Crippen LogP contribution in [-0.2, 0) is 9.59 Å². The summed E-state index contributed by atoms with van der Waals surface area (Å²) < 4.78 is 0. The topological polar surface area (TPSA) is 73.0 Å². The van der Waals surface area contributed by atoms with Crippen LogP contribution in [-0.4, -0.2) is 66.4 Å². The summed E-state index contributed by atoms with van der Waals surface area (Å²) in [5, 5.41) is 2.94. The predicted octanol–water partition coefficient (Wildman–Crippen LogP) is 0.666. The van der Waals surface area contributed by atoms with Gasteiger partial charge in [0.1, 0.15) is 0 Å². The molecule has 128 valence electrons. The average molecular weight is 330 g/mol. The number of hydrogen-bond donors (Lipinski definition) is 1. The van der Waals surface area contributed by atoms with E-state index < -0.39 is 0 Å². The Kier molecular flexibility index (Phi) is 4.69. The Hall–Kier alpha value is -2.57. The minimum atomic E-state index is -0.184. The molecule has 2 heterocycles. The van der Waals surface area contributed by atoms with Gasteiger partial charge in [-0.15, -0.1) is 0 Å². The summed E-state index contributed by atoms with van der Waals surface area (Å²) >= 11 is 0. The molecule has 24 heavy (non-hydrogen) atoms. The molecule has 1 atom stereocenters. The van der Waals surface area contributed by atoms with Crippen LogP contribution in [0.5, 0.6) is 0 Å². The van der Waals surface area contributed by atoms with E-state index in [1.807, 2.05) is 30.3 Å². The van der Waals surface area contributed by atoms with Crippen LogP contribution >= 0.6 is 0 Å². The molecule has 2 aliphatic rings. The molecule has 1 aromatic rings. The normalized spacial score (nSPS) is 21.1. The van der Waals surface area contributed by atoms with Gasteiger partial charge in [-0.1, -0.05) is 18.2 Å². The van der Waals surface area contributed by atoms with E-state index in [-0.39, 0.29) is 23.9 Å². The first-order valence-electron chi connectivity index (χ1n) is 8.21. The number of piperazine rings is 1. The number of carbonyl (C=O) groups is 3. The summed E-state index contributed by atoms with van der Waals surface area (Å²) in [6.45, 7) is 4.19. The van der Waals surface area contributed by atoms with Crippen molar-refractivity contribution < 1.29 is 14.4 Å². The lowest BCUT2D eigenvalue weighted by Crippen LogP contribution is -2.54. The van der Waals surface area contributed by atoms with Crippen LogP contribution in [0.2, 0.25) is 0 Å². The maximum atomic E-state index is 12.4. The molecular weight excluding hydrogens is 308 g/mol. The number of nitrogens with one attached hydrogen (secondary N) is 1. The largest absolute Gasteiger partial charge is 0.339 e. The number of anilines is 1. The molecule has 0 radical (unpaired) electrons. The number of urea groups is 1. The number of amides is 4. The monoisotopic (exact) mass is 330 g/mol. The van der Waals surface area contributed by atoms with Gasteiger partial charge < -0.3 is 20.0 Å². The van der Waals surface area contributed by atoms with E-state index in [0.29, 0.717) is 39.1 Å². The Morgan fingerprint density at radius 2 is 1.67 bits per heavy atom. The van der Waals surface area contributed by atoms with Crippen LogP contribution in [0, 0.1) is 0 Å². The Balaban J connectivity index is 1.53. The Labute approximate surface area is 141 Å². The maximum absolute atomic E-state index is 12.4. The van der Waals surface area contributed by atoms with Crippen molar-refractivity contribution in [1.29, 1.82) is 0 Å². The zero-order valence-corrected chi connectivity index (χ0v) is 13.8. The third-order valence-corrected chi connectivity index (χ3v) is 4.53. The lowest BCUT2D eigenvalue weighted by Gasteiger charge is -2.34. The van der Waals surface area contributed by atoms with E-state index in [9.17, 15) is 14.4 Å². The van der Waals surface area contributed by atoms with Crippen LogP contribution in [0.25, 0.3) is 0 Å². The molecule has 1 N–H and O–H groups in total. The van der Waals surface area contributed by atoms with E-state index in [1.54, 1.807) is 14.7 Å². The third-order valence-electron chi connectivity index (χ3n) is 4.53. The van der Waals surface area contributed by atoms with Gasteiger partial charge in [0.05, 0.1) is 6.04 Å². The van der Waals surface area contributed by atoms with Gasteiger partial charge in [-0.25, -0.2) is 4.79 Å². The van der Waals surface area contributed by atoms with E-state index in [1.165, 1.54) is 6.92 Å². The Bertz CT molecular complexity index is 626. The molecule has 1 aromatic carbocycles. The van der Waals surface area contributed by atoms with Crippen molar-refractivity contribution in [3.63, 3.8) is 0 Å². The van der Waals surface area contributed by atoms with E-state index in [0.717, 1.165) is 5.69 Å². The smallest absolute Gasteiger partial charge is 0.317 e. The van der Waals surface area contributed by atoms with Gasteiger partial charge in [0.15, 0.2) is 0 Å². The standard InChI is InChI=1S/C17H22N4O3/c1-13(22)19-7-9-20(10-8-19)17(24)18-14-11-16(23)21(12-14)15-5-3-2-4-6-15/h2-6,14H,7-12H2,1H3,(H,18,24)/t14-/m0/s1. The van der Waals surface area contributed by atoms with Crippen molar-refractivity contribution in [2.45, 2.75) is 19.4 Å². The van der Waals surface area contributed by atoms with Crippen molar-refractivity contribution in [1.82, 2.24) is 15.1 Å². The molecule has 0 saturated carbocycles. The van der Waals surface area contributed by atoms with Crippen LogP contribution < -0.4 is 10.2 Å². The summed E-state index contributed by atoms with van der Waals surface area (Å²) in [6.07, 6.45) is 0.314. The second kappa shape index (κ2) is 6.90. The van der Waals surface area contributed by atoms with Crippen molar-refractivity contribution in [2.75, 3.05) is 37.6 Å². The summed E-state index contributed by atoms with van der Waals surface area (Å²) in [4.78, 5) is 41.0. The first-order valence-corrected chi connectivity index (χ1v) is 8.21. The molecule has 0 aromatic heterocycles. The van der Waals surface area contributed by atoms with Crippen molar-refractivity contribution in [3.8, 4) is 0 Å². The molecule has 7 nitrogen and oxygen atoms in total. The first kappa shape index (κ1) is 16.3. The summed E-state index contributed by atoms with van der Waals surface area (Å²) in [7, 11) is 0. The minimum absolute atomic E-state index is 0.0212. The quantitative estimate of drug-likeness (QED) is 0.866. The van der Waals surface area contributed by atoms with Gasteiger partial charge in [-0.2, -0.15) is 0 Å². The van der Waals surface area contributed by atoms with Crippen molar-refractivity contribution in [2.24, 2.45) is 0 Å². The zero-order valence-electron chi connectivity index (χ0n) is 13.8. The van der Waals surface area contributed by atoms with E-state index >= 15 is 0 Å². The Morgan fingerprint density at radius 1 is 1.04 bits per heavy atom. The number of hydrogen-bond acceptors (Lipinski definition) is 3. The van der Waals surface area contributed by atoms with Crippen LogP contribution in [0.4, 0.5) is 10.5 Å². The molecule has 2 aliphatic heterocycles. The van der Waals surface area contributed by atoms with Crippen molar-refractivity contribution in [3.05, 3.63) is 30.3 Å². The van der Waals surface area contributed by atoms with E-state index in [4.69, 9.17) is 0 Å². The molecule has 2 saturated heterocycles. The number of rotatable bonds is 2. The number of benzene rings is 1. The van der Waals surface area contributed by atoms with Crippen LogP contribution in [0.3, 0.4) is 0 Å². The molecular formula is C17H22N4O3. The molecule has 7 heteroatoms. The van der Waals surface area contributed by atoms with Crippen molar-refractivity contribution >= 4 is 23.5 Å². The number of para-hydroxylation sites is 1. The highest BCUT2D eigenvalue weighted by Gasteiger charge is 2.33. The maximum Gasteiger partial charge on any atom is 0.317 e. The zero-order chi connectivity index (χ0) is 17.1. The average Bonchev–Trinajstić information content (AvgIpc) is 2.96. The minimum Gasteiger partial charge on any atom is -0.339 e. The SMILES string of the molecule is CC(=O)N1CCN(C(=O)N[C@H]2CC(=O)N(c3ccccc3)C2)CC1. The molecule has 0 unspecified atom stereocenters. The highest BCUT2D eigenvalue weighted by Crippen LogP contribution is 2.21. The fraction of sp³-hybridized carbons (Fsp3) is 0.471. The number of carbonyl (C=O) groups excluding carboxylic acids is 3. The summed E-state index contributed by atoms with van der Waals surface area (Å²) in [6, 6.07) is 9.13. The highest BCUT2D eigenvalue weighted by atomic mass is 16.2. The number of nitrogens with zero attached hydrogens (tertiary/aromatic N) is 3. The van der Waals surface area contributed by atoms with Crippen LogP contribution in [0.1, 0.15) is 13.3 Å². The molecule has 3 rings (SSSR count). The first-order chi connectivity index (χ1) is 11.5. The fourth-order valence-electron chi connectivity index (χ4n) is 3.15. The van der Waals surface area contributed by atoms with Gasteiger partial charge in [0.25, 0.3) is 0 Å². The third kappa shape index (κ3) is 3.50. The molecule has 0 bridgehead atoms.